The van der Waals surface area contributed by atoms with Crippen LogP contribution in [-0.4, -0.2) is 27.6 Å². The molecule has 1 heterocycles. The van der Waals surface area contributed by atoms with Crippen molar-refractivity contribution in [2.24, 2.45) is 7.05 Å². The molecule has 4 heteroatoms. The first-order valence-corrected chi connectivity index (χ1v) is 7.56. The summed E-state index contributed by atoms with van der Waals surface area (Å²) in [4.78, 5) is 1.31. The quantitative estimate of drug-likeness (QED) is 0.875. The number of hydrogen-bond donors (Lipinski definition) is 1. The van der Waals surface area contributed by atoms with Crippen LogP contribution in [0.4, 0.5) is 0 Å². The molecule has 3 nitrogen and oxygen atoms in total. The van der Waals surface area contributed by atoms with Crippen LogP contribution >= 0.6 is 11.8 Å². The highest BCUT2D eigenvalue weighted by Gasteiger charge is 2.25. The van der Waals surface area contributed by atoms with Crippen molar-refractivity contribution in [3.63, 3.8) is 0 Å². The van der Waals surface area contributed by atoms with Crippen molar-refractivity contribution in [2.75, 3.05) is 6.54 Å². The molecule has 2 rings (SSSR count). The topological polar surface area (TPSA) is 29.9 Å². The van der Waals surface area contributed by atoms with Gasteiger partial charge in [-0.05, 0) is 25.8 Å². The van der Waals surface area contributed by atoms with E-state index >= 15 is 0 Å². The normalized spacial score (nSPS) is 25.1. The van der Waals surface area contributed by atoms with Crippen LogP contribution in [0.1, 0.15) is 39.0 Å². The Bertz CT molecular complexity index is 337. The molecule has 2 unspecified atom stereocenters. The summed E-state index contributed by atoms with van der Waals surface area (Å²) < 4.78 is 1.89. The van der Waals surface area contributed by atoms with Crippen molar-refractivity contribution in [3.8, 4) is 0 Å². The van der Waals surface area contributed by atoms with Gasteiger partial charge in [-0.15, -0.1) is 11.8 Å². The lowest BCUT2D eigenvalue weighted by atomic mass is 9.95. The maximum Gasteiger partial charge on any atom is 0.0625 e. The first-order chi connectivity index (χ1) is 8.29. The third kappa shape index (κ3) is 3.75. The maximum atomic E-state index is 4.24. The van der Waals surface area contributed by atoms with Crippen LogP contribution in [0.3, 0.4) is 0 Å². The average molecular weight is 253 g/mol. The van der Waals surface area contributed by atoms with Gasteiger partial charge in [0.05, 0.1) is 6.20 Å². The summed E-state index contributed by atoms with van der Waals surface area (Å²) in [6.45, 7) is 3.38. The Morgan fingerprint density at radius 2 is 2.29 bits per heavy atom. The molecule has 96 valence electrons. The Labute approximate surface area is 108 Å². The monoisotopic (exact) mass is 253 g/mol. The summed E-state index contributed by atoms with van der Waals surface area (Å²) in [6.07, 6.45) is 10.7. The summed E-state index contributed by atoms with van der Waals surface area (Å²) in [5.41, 5.74) is 0. The van der Waals surface area contributed by atoms with Gasteiger partial charge in [0, 0.05) is 29.4 Å². The first-order valence-electron chi connectivity index (χ1n) is 6.68. The maximum absolute atomic E-state index is 4.24. The van der Waals surface area contributed by atoms with E-state index in [0.717, 1.165) is 11.8 Å². The highest BCUT2D eigenvalue weighted by molar-refractivity contribution is 8.00. The van der Waals surface area contributed by atoms with Gasteiger partial charge in [0.1, 0.15) is 0 Å². The molecule has 1 aromatic heterocycles. The molecule has 1 aliphatic rings. The van der Waals surface area contributed by atoms with E-state index < -0.39 is 0 Å². The van der Waals surface area contributed by atoms with Crippen LogP contribution in [-0.2, 0) is 7.05 Å². The zero-order valence-corrected chi connectivity index (χ0v) is 11.7. The molecule has 0 aliphatic heterocycles. The molecule has 0 amide bonds. The number of thioether (sulfide) groups is 1. The van der Waals surface area contributed by atoms with Crippen molar-refractivity contribution in [3.05, 3.63) is 12.4 Å². The lowest BCUT2D eigenvalue weighted by Crippen LogP contribution is -2.40. The predicted molar refractivity (Wildman–Crippen MR) is 73.4 cm³/mol. The fourth-order valence-corrected chi connectivity index (χ4v) is 3.79. The summed E-state index contributed by atoms with van der Waals surface area (Å²) in [5.74, 6) is 0. The predicted octanol–water partition coefficient (Wildman–Crippen LogP) is 2.82. The van der Waals surface area contributed by atoms with Crippen LogP contribution < -0.4 is 5.32 Å². The second-order valence-corrected chi connectivity index (χ2v) is 6.16. The molecule has 0 saturated heterocycles. The number of aromatic nitrogens is 2. The Morgan fingerprint density at radius 1 is 1.47 bits per heavy atom. The smallest absolute Gasteiger partial charge is 0.0625 e. The number of aryl methyl sites for hydroxylation is 1. The zero-order valence-electron chi connectivity index (χ0n) is 10.9. The fraction of sp³-hybridized carbons (Fsp3) is 0.769. The van der Waals surface area contributed by atoms with Gasteiger partial charge in [0.15, 0.2) is 0 Å². The minimum atomic E-state index is 0.689. The Morgan fingerprint density at radius 3 is 3.00 bits per heavy atom. The van der Waals surface area contributed by atoms with E-state index in [1.165, 1.54) is 37.0 Å². The van der Waals surface area contributed by atoms with E-state index in [9.17, 15) is 0 Å². The van der Waals surface area contributed by atoms with Crippen LogP contribution in [0.15, 0.2) is 17.3 Å². The number of nitrogens with one attached hydrogen (secondary N) is 1. The minimum Gasteiger partial charge on any atom is -0.313 e. The molecule has 1 aliphatic carbocycles. The lowest BCUT2D eigenvalue weighted by Gasteiger charge is -2.31. The van der Waals surface area contributed by atoms with Crippen molar-refractivity contribution in [2.45, 2.75) is 55.2 Å². The Hall–Kier alpha value is -0.480. The summed E-state index contributed by atoms with van der Waals surface area (Å²) >= 11 is 2.00. The second kappa shape index (κ2) is 6.45. The highest BCUT2D eigenvalue weighted by Crippen LogP contribution is 2.33. The molecule has 1 fully saturated rings. The molecule has 1 aromatic rings. The van der Waals surface area contributed by atoms with Gasteiger partial charge < -0.3 is 5.32 Å². The zero-order chi connectivity index (χ0) is 12.1. The highest BCUT2D eigenvalue weighted by atomic mass is 32.2. The Balaban J connectivity index is 1.91. The van der Waals surface area contributed by atoms with Gasteiger partial charge in [-0.2, -0.15) is 5.10 Å². The summed E-state index contributed by atoms with van der Waals surface area (Å²) in [7, 11) is 1.98. The van der Waals surface area contributed by atoms with E-state index in [0.29, 0.717) is 6.04 Å². The van der Waals surface area contributed by atoms with Crippen LogP contribution in [0.2, 0.25) is 0 Å². The lowest BCUT2D eigenvalue weighted by molar-refractivity contribution is 0.384. The van der Waals surface area contributed by atoms with Gasteiger partial charge in [0.25, 0.3) is 0 Å². The number of rotatable bonds is 5. The number of hydrogen-bond acceptors (Lipinski definition) is 3. The minimum absolute atomic E-state index is 0.689. The third-order valence-electron chi connectivity index (χ3n) is 3.33. The fourth-order valence-electron chi connectivity index (χ4n) is 2.44. The number of nitrogens with zero attached hydrogens (tertiary/aromatic N) is 2. The molecule has 0 spiro atoms. The summed E-state index contributed by atoms with van der Waals surface area (Å²) in [6, 6.07) is 0.689. The van der Waals surface area contributed by atoms with Gasteiger partial charge in [-0.1, -0.05) is 19.8 Å². The standard InChI is InChI=1S/C13H23N3S/c1-3-8-14-12-6-4-5-7-13(12)17-11-9-15-16(2)10-11/h9-10,12-14H,3-8H2,1-2H3. The van der Waals surface area contributed by atoms with Crippen LogP contribution in [0.5, 0.6) is 0 Å². The van der Waals surface area contributed by atoms with E-state index in [2.05, 4.69) is 23.5 Å². The largest absolute Gasteiger partial charge is 0.313 e. The molecule has 2 atom stereocenters. The molecule has 17 heavy (non-hydrogen) atoms. The molecular formula is C13H23N3S. The van der Waals surface area contributed by atoms with Crippen molar-refractivity contribution in [1.29, 1.82) is 0 Å². The van der Waals surface area contributed by atoms with Gasteiger partial charge in [-0.3, -0.25) is 4.68 Å². The summed E-state index contributed by atoms with van der Waals surface area (Å²) in [5, 5.41) is 8.67. The van der Waals surface area contributed by atoms with Gasteiger partial charge in [0.2, 0.25) is 0 Å². The molecule has 1 N–H and O–H groups in total. The average Bonchev–Trinajstić information content (AvgIpc) is 2.74. The van der Waals surface area contributed by atoms with Crippen molar-refractivity contribution < 1.29 is 0 Å². The molecular weight excluding hydrogens is 230 g/mol. The van der Waals surface area contributed by atoms with Gasteiger partial charge in [-0.25, -0.2) is 0 Å². The molecule has 1 saturated carbocycles. The van der Waals surface area contributed by atoms with Crippen molar-refractivity contribution in [1.82, 2.24) is 15.1 Å². The third-order valence-corrected chi connectivity index (χ3v) is 4.68. The first kappa shape index (κ1) is 13.0. The van der Waals surface area contributed by atoms with Crippen molar-refractivity contribution >= 4 is 11.8 Å². The second-order valence-electron chi connectivity index (χ2n) is 4.85. The molecule has 0 aromatic carbocycles. The van der Waals surface area contributed by atoms with E-state index in [4.69, 9.17) is 0 Å². The molecule has 0 bridgehead atoms. The van der Waals surface area contributed by atoms with E-state index in [1.54, 1.807) is 0 Å². The SMILES string of the molecule is CCCNC1CCCCC1Sc1cnn(C)c1. The van der Waals surface area contributed by atoms with E-state index in [1.807, 2.05) is 29.7 Å². The van der Waals surface area contributed by atoms with Crippen LogP contribution in [0.25, 0.3) is 0 Å². The Kier molecular flexibility index (Phi) is 4.92. The van der Waals surface area contributed by atoms with E-state index in [-0.39, 0.29) is 0 Å². The molecule has 0 radical (unpaired) electrons. The van der Waals surface area contributed by atoms with Crippen LogP contribution in [0, 0.1) is 0 Å². The van der Waals surface area contributed by atoms with Gasteiger partial charge >= 0.3 is 0 Å².